The van der Waals surface area contributed by atoms with Crippen LogP contribution in [-0.2, 0) is 23.7 Å². The van der Waals surface area contributed by atoms with Gasteiger partial charge in [-0.2, -0.15) is 26.3 Å². The Hall–Kier alpha value is -4.33. The van der Waals surface area contributed by atoms with Gasteiger partial charge in [0, 0.05) is 11.9 Å². The van der Waals surface area contributed by atoms with Crippen molar-refractivity contribution in [3.05, 3.63) is 71.7 Å². The molecule has 1 aliphatic rings. The second kappa shape index (κ2) is 10.3. The lowest BCUT2D eigenvalue weighted by molar-refractivity contribution is -0.142. The van der Waals surface area contributed by atoms with Crippen molar-refractivity contribution in [1.82, 2.24) is 24.8 Å². The van der Waals surface area contributed by atoms with Crippen LogP contribution in [0.15, 0.2) is 54.7 Å². The van der Waals surface area contributed by atoms with Gasteiger partial charge in [0.15, 0.2) is 5.65 Å². The van der Waals surface area contributed by atoms with Gasteiger partial charge in [0.05, 0.1) is 28.8 Å². The molecule has 4 aromatic rings. The van der Waals surface area contributed by atoms with Crippen molar-refractivity contribution in [1.29, 1.82) is 0 Å². The van der Waals surface area contributed by atoms with Crippen molar-refractivity contribution < 1.29 is 36.2 Å². The number of benzene rings is 1. The number of halogens is 6. The lowest BCUT2D eigenvalue weighted by Gasteiger charge is -2.20. The molecule has 8 nitrogen and oxygen atoms in total. The number of anilines is 2. The van der Waals surface area contributed by atoms with Gasteiger partial charge in [-0.1, -0.05) is 0 Å². The van der Waals surface area contributed by atoms with Gasteiger partial charge >= 0.3 is 18.3 Å². The van der Waals surface area contributed by atoms with E-state index in [0.717, 1.165) is 24.3 Å². The van der Waals surface area contributed by atoms with Gasteiger partial charge in [-0.3, -0.25) is 14.7 Å². The van der Waals surface area contributed by atoms with Crippen LogP contribution in [0.1, 0.15) is 29.8 Å². The van der Waals surface area contributed by atoms with E-state index in [4.69, 9.17) is 0 Å². The van der Waals surface area contributed by atoms with Crippen LogP contribution >= 0.6 is 0 Å². The summed E-state index contributed by atoms with van der Waals surface area (Å²) in [4.78, 5) is 30.4. The van der Waals surface area contributed by atoms with E-state index < -0.39 is 41.2 Å². The SMILES string of the molecule is O=C(O)[C@@H]1CCCN1Cc1nc(Nc2ccc(C(F)(F)F)cc2)c2ccc(-c3ncccc3C(F)(F)F)nc2n1. The fourth-order valence-electron chi connectivity index (χ4n) is 4.55. The van der Waals surface area contributed by atoms with Crippen LogP contribution < -0.4 is 5.32 Å². The first-order chi connectivity index (χ1) is 18.9. The molecule has 1 saturated heterocycles. The molecule has 0 bridgehead atoms. The van der Waals surface area contributed by atoms with E-state index in [1.807, 2.05) is 0 Å². The number of rotatable bonds is 6. The van der Waals surface area contributed by atoms with E-state index >= 15 is 0 Å². The molecule has 14 heteroatoms. The highest BCUT2D eigenvalue weighted by molar-refractivity contribution is 5.90. The van der Waals surface area contributed by atoms with Crippen molar-refractivity contribution in [2.45, 2.75) is 37.8 Å². The van der Waals surface area contributed by atoms with Crippen LogP contribution in [0.5, 0.6) is 0 Å². The molecule has 0 spiro atoms. The molecule has 0 unspecified atom stereocenters. The quantitative estimate of drug-likeness (QED) is 0.279. The maximum Gasteiger partial charge on any atom is 0.418 e. The molecular formula is C26H20F6N6O2. The Balaban J connectivity index is 1.59. The summed E-state index contributed by atoms with van der Waals surface area (Å²) in [5.41, 5.74) is -2.07. The van der Waals surface area contributed by atoms with Crippen LogP contribution in [0.2, 0.25) is 0 Å². The average Bonchev–Trinajstić information content (AvgIpc) is 3.36. The summed E-state index contributed by atoms with van der Waals surface area (Å²) in [6.07, 6.45) is -6.93. The van der Waals surface area contributed by atoms with E-state index in [0.29, 0.717) is 19.4 Å². The number of likely N-dealkylation sites (tertiary alicyclic amines) is 1. The number of hydrogen-bond donors (Lipinski definition) is 2. The van der Waals surface area contributed by atoms with E-state index in [-0.39, 0.29) is 40.6 Å². The zero-order valence-electron chi connectivity index (χ0n) is 20.5. The molecule has 1 fully saturated rings. The fraction of sp³-hybridized carbons (Fsp3) is 0.269. The smallest absolute Gasteiger partial charge is 0.418 e. The number of nitrogens with one attached hydrogen (secondary N) is 1. The molecule has 0 radical (unpaired) electrons. The minimum absolute atomic E-state index is 0.00163. The summed E-state index contributed by atoms with van der Waals surface area (Å²) >= 11 is 0. The summed E-state index contributed by atoms with van der Waals surface area (Å²) in [6, 6.07) is 8.26. The van der Waals surface area contributed by atoms with Gasteiger partial charge in [-0.25, -0.2) is 15.0 Å². The van der Waals surface area contributed by atoms with Crippen LogP contribution in [0.3, 0.4) is 0 Å². The van der Waals surface area contributed by atoms with Gasteiger partial charge in [0.25, 0.3) is 0 Å². The Kier molecular flexibility index (Phi) is 7.04. The van der Waals surface area contributed by atoms with Gasteiger partial charge < -0.3 is 10.4 Å². The van der Waals surface area contributed by atoms with Crippen molar-refractivity contribution in [2.24, 2.45) is 0 Å². The largest absolute Gasteiger partial charge is 0.480 e. The lowest BCUT2D eigenvalue weighted by atomic mass is 10.1. The number of hydrogen-bond acceptors (Lipinski definition) is 7. The molecule has 3 aromatic heterocycles. The van der Waals surface area contributed by atoms with Crippen LogP contribution in [0.25, 0.3) is 22.4 Å². The highest BCUT2D eigenvalue weighted by Crippen LogP contribution is 2.36. The number of pyridine rings is 2. The standard InChI is InChI=1S/C26H20F6N6O2/c27-25(28,29)14-5-7-15(8-6-14)34-22-16-9-10-18(21-17(26(30,31)32)3-1-11-33-21)35-23(16)37-20(36-22)13-38-12-2-4-19(38)24(39)40/h1,3,5-11,19H,2,4,12-13H2,(H,39,40)(H,34,35,36,37)/t19-/m0/s1. The maximum absolute atomic E-state index is 13.6. The molecule has 0 aliphatic carbocycles. The lowest BCUT2D eigenvalue weighted by Crippen LogP contribution is -2.35. The van der Waals surface area contributed by atoms with Gasteiger partial charge in [-0.05, 0) is 67.9 Å². The number of carboxylic acid groups (broad SMARTS) is 1. The first kappa shape index (κ1) is 27.2. The van der Waals surface area contributed by atoms with E-state index in [2.05, 4.69) is 25.3 Å². The molecule has 1 aromatic carbocycles. The Morgan fingerprint density at radius 1 is 0.975 bits per heavy atom. The predicted octanol–water partition coefficient (Wildman–Crippen LogP) is 5.92. The fourth-order valence-corrected chi connectivity index (χ4v) is 4.55. The molecule has 208 valence electrons. The second-order valence-electron chi connectivity index (χ2n) is 9.12. The number of carbonyl (C=O) groups is 1. The van der Waals surface area contributed by atoms with Gasteiger partial charge in [0.1, 0.15) is 23.4 Å². The minimum atomic E-state index is -4.69. The molecule has 0 saturated carbocycles. The summed E-state index contributed by atoms with van der Waals surface area (Å²) in [5.74, 6) is -0.727. The van der Waals surface area contributed by atoms with Crippen molar-refractivity contribution >= 4 is 28.5 Å². The number of aromatic nitrogens is 4. The van der Waals surface area contributed by atoms with Crippen LogP contribution in [0, 0.1) is 0 Å². The van der Waals surface area contributed by atoms with Crippen molar-refractivity contribution in [3.8, 4) is 11.4 Å². The maximum atomic E-state index is 13.6. The monoisotopic (exact) mass is 562 g/mol. The Labute approximate surface area is 222 Å². The molecule has 0 amide bonds. The molecular weight excluding hydrogens is 542 g/mol. The summed E-state index contributed by atoms with van der Waals surface area (Å²) in [7, 11) is 0. The Morgan fingerprint density at radius 2 is 1.73 bits per heavy atom. The van der Waals surface area contributed by atoms with E-state index in [1.165, 1.54) is 30.5 Å². The third-order valence-electron chi connectivity index (χ3n) is 6.43. The van der Waals surface area contributed by atoms with Gasteiger partial charge in [-0.15, -0.1) is 0 Å². The highest BCUT2D eigenvalue weighted by atomic mass is 19.4. The number of carboxylic acids is 1. The summed E-state index contributed by atoms with van der Waals surface area (Å²) in [6.45, 7) is 0.480. The van der Waals surface area contributed by atoms with Crippen molar-refractivity contribution in [3.63, 3.8) is 0 Å². The average molecular weight is 562 g/mol. The third-order valence-corrected chi connectivity index (χ3v) is 6.43. The Bertz CT molecular complexity index is 1560. The molecule has 4 heterocycles. The molecule has 2 N–H and O–H groups in total. The molecule has 1 atom stereocenters. The minimum Gasteiger partial charge on any atom is -0.480 e. The zero-order valence-corrected chi connectivity index (χ0v) is 20.5. The molecule has 40 heavy (non-hydrogen) atoms. The third kappa shape index (κ3) is 5.66. The number of alkyl halides is 6. The normalized spacial score (nSPS) is 16.4. The molecule has 5 rings (SSSR count). The van der Waals surface area contributed by atoms with Crippen LogP contribution in [-0.4, -0.2) is 48.5 Å². The zero-order chi connectivity index (χ0) is 28.7. The van der Waals surface area contributed by atoms with Crippen molar-refractivity contribution in [2.75, 3.05) is 11.9 Å². The number of aliphatic carboxylic acids is 1. The number of fused-ring (bicyclic) bond motifs is 1. The van der Waals surface area contributed by atoms with Crippen LogP contribution in [0.4, 0.5) is 37.8 Å². The summed E-state index contributed by atoms with van der Waals surface area (Å²) < 4.78 is 79.9. The summed E-state index contributed by atoms with van der Waals surface area (Å²) in [5, 5.41) is 12.7. The first-order valence-electron chi connectivity index (χ1n) is 12.0. The van der Waals surface area contributed by atoms with E-state index in [1.54, 1.807) is 4.90 Å². The predicted molar refractivity (Wildman–Crippen MR) is 131 cm³/mol. The van der Waals surface area contributed by atoms with E-state index in [9.17, 15) is 36.2 Å². The second-order valence-corrected chi connectivity index (χ2v) is 9.12. The number of nitrogens with zero attached hydrogens (tertiary/aromatic N) is 5. The van der Waals surface area contributed by atoms with Gasteiger partial charge in [0.2, 0.25) is 0 Å². The first-order valence-corrected chi connectivity index (χ1v) is 12.0. The molecule has 1 aliphatic heterocycles. The Morgan fingerprint density at radius 3 is 2.40 bits per heavy atom. The topological polar surface area (TPSA) is 104 Å². The highest BCUT2D eigenvalue weighted by Gasteiger charge is 2.35.